The van der Waals surface area contributed by atoms with Gasteiger partial charge in [0.05, 0.1) is 17.6 Å². The number of nitrogens with zero attached hydrogens (tertiary/aromatic N) is 2. The number of ether oxygens (including phenoxy) is 2. The molecule has 27 heavy (non-hydrogen) atoms. The van der Waals surface area contributed by atoms with Crippen LogP contribution in [0.1, 0.15) is 15.9 Å². The monoisotopic (exact) mass is 373 g/mol. The largest absolute Gasteiger partial charge is 0.496 e. The van der Waals surface area contributed by atoms with E-state index in [9.17, 15) is 19.7 Å². The summed E-state index contributed by atoms with van der Waals surface area (Å²) in [5.41, 5.74) is 6.02. The minimum Gasteiger partial charge on any atom is -0.496 e. The predicted molar refractivity (Wildman–Crippen MR) is 97.3 cm³/mol. The van der Waals surface area contributed by atoms with Gasteiger partial charge in [0.1, 0.15) is 5.75 Å². The molecule has 0 fully saturated rings. The standard InChI is InChI=1S/C18H19N3O6/c1-20(10-12-5-3-4-6-16(12)26-2)17(22)11-27-18(23)14-9-13(21(24)25)7-8-15(14)19/h3-9H,10-11,19H2,1-2H3. The summed E-state index contributed by atoms with van der Waals surface area (Å²) < 4.78 is 10.2. The normalized spacial score (nSPS) is 10.1. The van der Waals surface area contributed by atoms with Crippen molar-refractivity contribution in [3.05, 3.63) is 63.7 Å². The van der Waals surface area contributed by atoms with E-state index in [0.29, 0.717) is 5.75 Å². The van der Waals surface area contributed by atoms with E-state index in [1.165, 1.54) is 24.1 Å². The lowest BCUT2D eigenvalue weighted by Gasteiger charge is -2.18. The maximum atomic E-state index is 12.2. The predicted octanol–water partition coefficient (Wildman–Crippen LogP) is 2.00. The summed E-state index contributed by atoms with van der Waals surface area (Å²) in [6.45, 7) is -0.258. The molecule has 0 spiro atoms. The number of carbonyl (C=O) groups excluding carboxylic acids is 2. The summed E-state index contributed by atoms with van der Waals surface area (Å²) in [7, 11) is 3.09. The molecule has 0 bridgehead atoms. The van der Waals surface area contributed by atoms with E-state index in [4.69, 9.17) is 15.2 Å². The van der Waals surface area contributed by atoms with Crippen LogP contribution in [-0.2, 0) is 16.1 Å². The zero-order valence-corrected chi connectivity index (χ0v) is 14.9. The number of methoxy groups -OCH3 is 1. The Morgan fingerprint density at radius 3 is 2.59 bits per heavy atom. The number of nitrogens with two attached hydrogens (primary N) is 1. The molecule has 0 aliphatic heterocycles. The smallest absolute Gasteiger partial charge is 0.341 e. The quantitative estimate of drug-likeness (QED) is 0.340. The highest BCUT2D eigenvalue weighted by atomic mass is 16.6. The van der Waals surface area contributed by atoms with Gasteiger partial charge in [-0.2, -0.15) is 0 Å². The molecule has 0 aliphatic carbocycles. The lowest BCUT2D eigenvalue weighted by molar-refractivity contribution is -0.384. The topological polar surface area (TPSA) is 125 Å². The number of amides is 1. The molecule has 142 valence electrons. The number of nitro groups is 1. The van der Waals surface area contributed by atoms with Gasteiger partial charge < -0.3 is 20.1 Å². The number of non-ortho nitro benzene ring substituents is 1. The van der Waals surface area contributed by atoms with Crippen molar-refractivity contribution in [3.8, 4) is 5.75 Å². The number of nitrogen functional groups attached to an aromatic ring is 1. The summed E-state index contributed by atoms with van der Waals surface area (Å²) in [6.07, 6.45) is 0. The molecule has 2 rings (SSSR count). The second kappa shape index (κ2) is 8.65. The summed E-state index contributed by atoms with van der Waals surface area (Å²) >= 11 is 0. The van der Waals surface area contributed by atoms with Crippen LogP contribution in [0.3, 0.4) is 0 Å². The number of para-hydroxylation sites is 1. The van der Waals surface area contributed by atoms with E-state index in [0.717, 1.165) is 11.6 Å². The van der Waals surface area contributed by atoms with Crippen LogP contribution < -0.4 is 10.5 Å². The SMILES string of the molecule is COc1ccccc1CN(C)C(=O)COC(=O)c1cc([N+](=O)[O-])ccc1N. The molecule has 0 saturated carbocycles. The van der Waals surface area contributed by atoms with E-state index in [1.807, 2.05) is 18.2 Å². The third kappa shape index (κ3) is 4.94. The van der Waals surface area contributed by atoms with E-state index >= 15 is 0 Å². The van der Waals surface area contributed by atoms with Crippen molar-refractivity contribution in [2.24, 2.45) is 0 Å². The van der Waals surface area contributed by atoms with Crippen LogP contribution in [0.15, 0.2) is 42.5 Å². The Morgan fingerprint density at radius 1 is 1.22 bits per heavy atom. The van der Waals surface area contributed by atoms with E-state index < -0.39 is 23.4 Å². The van der Waals surface area contributed by atoms with Gasteiger partial charge in [-0.1, -0.05) is 18.2 Å². The van der Waals surface area contributed by atoms with Crippen molar-refractivity contribution in [2.45, 2.75) is 6.54 Å². The maximum absolute atomic E-state index is 12.2. The number of rotatable bonds is 7. The highest BCUT2D eigenvalue weighted by molar-refractivity contribution is 5.97. The van der Waals surface area contributed by atoms with Crippen molar-refractivity contribution in [1.82, 2.24) is 4.90 Å². The lowest BCUT2D eigenvalue weighted by atomic mass is 10.1. The van der Waals surface area contributed by atoms with Crippen LogP contribution in [0.4, 0.5) is 11.4 Å². The van der Waals surface area contributed by atoms with Crippen LogP contribution in [0, 0.1) is 10.1 Å². The van der Waals surface area contributed by atoms with Crippen molar-refractivity contribution in [3.63, 3.8) is 0 Å². The van der Waals surface area contributed by atoms with Crippen molar-refractivity contribution >= 4 is 23.3 Å². The van der Waals surface area contributed by atoms with Gasteiger partial charge in [-0.15, -0.1) is 0 Å². The molecule has 9 heteroatoms. The van der Waals surface area contributed by atoms with E-state index in [1.54, 1.807) is 13.1 Å². The average Bonchev–Trinajstić information content (AvgIpc) is 2.66. The molecular weight excluding hydrogens is 354 g/mol. The fourth-order valence-electron chi connectivity index (χ4n) is 2.33. The van der Waals surface area contributed by atoms with Crippen LogP contribution in [-0.4, -0.2) is 42.5 Å². The fourth-order valence-corrected chi connectivity index (χ4v) is 2.33. The van der Waals surface area contributed by atoms with Crippen molar-refractivity contribution < 1.29 is 24.0 Å². The molecule has 0 aromatic heterocycles. The van der Waals surface area contributed by atoms with Gasteiger partial charge in [0.25, 0.3) is 11.6 Å². The number of hydrogen-bond donors (Lipinski definition) is 1. The van der Waals surface area contributed by atoms with E-state index in [-0.39, 0.29) is 23.5 Å². The molecule has 0 unspecified atom stereocenters. The first kappa shape index (κ1) is 19.7. The number of anilines is 1. The van der Waals surface area contributed by atoms with Crippen LogP contribution in [0.2, 0.25) is 0 Å². The van der Waals surface area contributed by atoms with Gasteiger partial charge in [0.2, 0.25) is 0 Å². The Morgan fingerprint density at radius 2 is 1.93 bits per heavy atom. The summed E-state index contributed by atoms with van der Waals surface area (Å²) in [5.74, 6) is -0.716. The van der Waals surface area contributed by atoms with Gasteiger partial charge in [0, 0.05) is 37.0 Å². The van der Waals surface area contributed by atoms with Crippen molar-refractivity contribution in [1.29, 1.82) is 0 Å². The first-order chi connectivity index (χ1) is 12.8. The average molecular weight is 373 g/mol. The Kier molecular flexibility index (Phi) is 6.32. The number of hydrogen-bond acceptors (Lipinski definition) is 7. The molecule has 2 aromatic carbocycles. The Hall–Kier alpha value is -3.62. The highest BCUT2D eigenvalue weighted by Crippen LogP contribution is 2.21. The minimum atomic E-state index is -0.907. The number of benzene rings is 2. The van der Waals surface area contributed by atoms with Crippen LogP contribution in [0.25, 0.3) is 0 Å². The summed E-state index contributed by atoms with van der Waals surface area (Å²) in [5, 5.41) is 10.8. The van der Waals surface area contributed by atoms with Gasteiger partial charge in [-0.3, -0.25) is 14.9 Å². The summed E-state index contributed by atoms with van der Waals surface area (Å²) in [6, 6.07) is 10.7. The van der Waals surface area contributed by atoms with Crippen LogP contribution in [0.5, 0.6) is 5.75 Å². The van der Waals surface area contributed by atoms with Gasteiger partial charge in [0.15, 0.2) is 6.61 Å². The third-order valence-electron chi connectivity index (χ3n) is 3.82. The lowest BCUT2D eigenvalue weighted by Crippen LogP contribution is -2.31. The number of nitro benzene ring substituents is 1. The Labute approximate surface area is 155 Å². The maximum Gasteiger partial charge on any atom is 0.341 e. The number of likely N-dealkylation sites (N-methyl/N-ethyl adjacent to an activating group) is 1. The third-order valence-corrected chi connectivity index (χ3v) is 3.82. The minimum absolute atomic E-state index is 0.0282. The first-order valence-electron chi connectivity index (χ1n) is 7.90. The van der Waals surface area contributed by atoms with Gasteiger partial charge >= 0.3 is 5.97 Å². The molecule has 2 aromatic rings. The molecular formula is C18H19N3O6. The molecule has 0 aliphatic rings. The second-order valence-corrected chi connectivity index (χ2v) is 5.67. The van der Waals surface area contributed by atoms with Crippen LogP contribution >= 0.6 is 0 Å². The number of carbonyl (C=O) groups is 2. The van der Waals surface area contributed by atoms with Crippen molar-refractivity contribution in [2.75, 3.05) is 26.5 Å². The molecule has 0 saturated heterocycles. The fraction of sp³-hybridized carbons (Fsp3) is 0.222. The molecule has 0 radical (unpaired) electrons. The highest BCUT2D eigenvalue weighted by Gasteiger charge is 2.19. The molecule has 0 heterocycles. The molecule has 1 amide bonds. The molecule has 2 N–H and O–H groups in total. The Bertz CT molecular complexity index is 868. The summed E-state index contributed by atoms with van der Waals surface area (Å²) in [4.78, 5) is 35.9. The first-order valence-corrected chi connectivity index (χ1v) is 7.90. The zero-order valence-electron chi connectivity index (χ0n) is 14.9. The van der Waals surface area contributed by atoms with Gasteiger partial charge in [-0.05, 0) is 12.1 Å². The Balaban J connectivity index is 1.99. The molecule has 9 nitrogen and oxygen atoms in total. The van der Waals surface area contributed by atoms with E-state index in [2.05, 4.69) is 0 Å². The second-order valence-electron chi connectivity index (χ2n) is 5.67. The number of esters is 1. The zero-order chi connectivity index (χ0) is 20.0. The molecule has 0 atom stereocenters. The van der Waals surface area contributed by atoms with Gasteiger partial charge in [-0.25, -0.2) is 4.79 Å².